The second-order valence-corrected chi connectivity index (χ2v) is 17.4. The summed E-state index contributed by atoms with van der Waals surface area (Å²) < 4.78 is 27.5. The van der Waals surface area contributed by atoms with E-state index in [0.29, 0.717) is 28.5 Å². The Bertz CT molecular complexity index is 2050. The van der Waals surface area contributed by atoms with Gasteiger partial charge in [-0.2, -0.15) is 0 Å². The third-order valence-electron chi connectivity index (χ3n) is 10.4. The summed E-state index contributed by atoms with van der Waals surface area (Å²) in [6.07, 6.45) is 1.56. The van der Waals surface area contributed by atoms with Crippen molar-refractivity contribution in [2.75, 3.05) is 6.54 Å². The van der Waals surface area contributed by atoms with Gasteiger partial charge in [-0.05, 0) is 47.8 Å². The Balaban J connectivity index is 1.16. The van der Waals surface area contributed by atoms with E-state index < -0.39 is 74.5 Å². The molecule has 53 heavy (non-hydrogen) atoms. The Morgan fingerprint density at radius 1 is 1.06 bits per heavy atom. The number of benzene rings is 2. The molecule has 15 heteroatoms. The number of rotatable bonds is 13. The molecular formula is C38H41N5O8S2. The van der Waals surface area contributed by atoms with Crippen LogP contribution in [0.5, 0.6) is 0 Å². The van der Waals surface area contributed by atoms with Crippen LogP contribution in [0.15, 0.2) is 83.9 Å². The molecule has 1 saturated heterocycles. The van der Waals surface area contributed by atoms with Gasteiger partial charge in [0.2, 0.25) is 21.8 Å². The minimum atomic E-state index is -3.91. The number of carbonyl (C=O) groups is 4. The largest absolute Gasteiger partial charge is 0.390 e. The average molecular weight is 760 g/mol. The lowest BCUT2D eigenvalue weighted by Crippen LogP contribution is -2.59. The number of hydrogen-bond acceptors (Lipinski definition) is 10. The molecule has 1 aliphatic heterocycles. The van der Waals surface area contributed by atoms with Crippen molar-refractivity contribution in [2.24, 2.45) is 17.0 Å². The van der Waals surface area contributed by atoms with Gasteiger partial charge in [0, 0.05) is 28.3 Å². The van der Waals surface area contributed by atoms with Crippen molar-refractivity contribution >= 4 is 50.7 Å². The van der Waals surface area contributed by atoms with Gasteiger partial charge in [-0.1, -0.05) is 79.7 Å². The summed E-state index contributed by atoms with van der Waals surface area (Å²) in [5.74, 6) is -4.06. The van der Waals surface area contributed by atoms with Gasteiger partial charge in [0.25, 0.3) is 11.8 Å². The molecule has 2 heterocycles. The lowest BCUT2D eigenvalue weighted by Gasteiger charge is -2.34. The van der Waals surface area contributed by atoms with Gasteiger partial charge in [-0.3, -0.25) is 29.1 Å². The number of oxime groups is 1. The summed E-state index contributed by atoms with van der Waals surface area (Å²) in [5, 5.41) is 20.1. The Morgan fingerprint density at radius 2 is 1.70 bits per heavy atom. The SMILES string of the molecule is C=C[C@@H]1C[C@@]1(NC(=O)[C@@H]1C[C@@H](ON=C2c3ccccc3-c3ccccc32)CN1C(=O)[C@@H](C(C)C)N(O)C(=O)Cc1cccs1)C(=O)NS(=O)(=O)C1CC1. The highest BCUT2D eigenvalue weighted by Crippen LogP contribution is 2.45. The highest BCUT2D eigenvalue weighted by molar-refractivity contribution is 7.91. The minimum Gasteiger partial charge on any atom is -0.390 e. The zero-order valence-electron chi connectivity index (χ0n) is 29.3. The minimum absolute atomic E-state index is 0.0339. The fraction of sp³-hybridized carbons (Fsp3) is 0.395. The van der Waals surface area contributed by atoms with E-state index in [9.17, 15) is 32.8 Å². The Morgan fingerprint density at radius 3 is 2.25 bits per heavy atom. The maximum Gasteiger partial charge on any atom is 0.259 e. The van der Waals surface area contributed by atoms with Crippen LogP contribution in [0, 0.1) is 11.8 Å². The van der Waals surface area contributed by atoms with Crippen LogP contribution >= 0.6 is 11.3 Å². The van der Waals surface area contributed by atoms with Crippen LogP contribution in [0.4, 0.5) is 0 Å². The molecule has 3 aromatic rings. The maximum atomic E-state index is 14.4. The molecule has 3 aliphatic carbocycles. The first-order valence-corrected chi connectivity index (χ1v) is 20.0. The topological polar surface area (TPSA) is 175 Å². The molecule has 2 saturated carbocycles. The Hall–Kier alpha value is -4.86. The normalized spacial score (nSPS) is 23.4. The molecular weight excluding hydrogens is 719 g/mol. The second-order valence-electron chi connectivity index (χ2n) is 14.4. The molecule has 7 rings (SSSR count). The van der Waals surface area contributed by atoms with Crippen molar-refractivity contribution in [3.05, 3.63) is 94.7 Å². The molecule has 0 spiro atoms. The summed E-state index contributed by atoms with van der Waals surface area (Å²) in [5.41, 5.74) is 2.74. The van der Waals surface area contributed by atoms with Gasteiger partial charge in [-0.25, -0.2) is 13.5 Å². The summed E-state index contributed by atoms with van der Waals surface area (Å²) >= 11 is 1.34. The smallest absolute Gasteiger partial charge is 0.259 e. The zero-order chi connectivity index (χ0) is 37.7. The molecule has 2 aromatic carbocycles. The predicted octanol–water partition coefficient (Wildman–Crippen LogP) is 3.62. The number of nitrogens with one attached hydrogen (secondary N) is 2. The number of likely N-dealkylation sites (tertiary alicyclic amines) is 1. The predicted molar refractivity (Wildman–Crippen MR) is 197 cm³/mol. The Labute approximate surface area is 311 Å². The molecule has 3 N–H and O–H groups in total. The van der Waals surface area contributed by atoms with Crippen LogP contribution in [-0.2, 0) is 40.5 Å². The fourth-order valence-electron chi connectivity index (χ4n) is 7.25. The number of amides is 4. The van der Waals surface area contributed by atoms with Crippen LogP contribution < -0.4 is 10.0 Å². The first-order chi connectivity index (χ1) is 25.3. The van der Waals surface area contributed by atoms with Crippen LogP contribution in [-0.4, -0.2) is 88.4 Å². The van der Waals surface area contributed by atoms with E-state index in [1.807, 2.05) is 48.5 Å². The number of fused-ring (bicyclic) bond motifs is 3. The first-order valence-electron chi connectivity index (χ1n) is 17.6. The van der Waals surface area contributed by atoms with Gasteiger partial charge in [-0.15, -0.1) is 17.9 Å². The summed E-state index contributed by atoms with van der Waals surface area (Å²) in [6.45, 7) is 7.01. The molecule has 0 radical (unpaired) electrons. The van der Waals surface area contributed by atoms with Crippen molar-refractivity contribution in [3.8, 4) is 11.1 Å². The first kappa shape index (κ1) is 36.5. The van der Waals surface area contributed by atoms with Gasteiger partial charge in [0.05, 0.1) is 18.2 Å². The molecule has 278 valence electrons. The number of thiophene rings is 1. The van der Waals surface area contributed by atoms with E-state index in [2.05, 4.69) is 21.8 Å². The zero-order valence-corrected chi connectivity index (χ0v) is 30.9. The summed E-state index contributed by atoms with van der Waals surface area (Å²) in [4.78, 5) is 63.4. The van der Waals surface area contributed by atoms with E-state index in [4.69, 9.17) is 4.84 Å². The molecule has 3 fully saturated rings. The van der Waals surface area contributed by atoms with Crippen molar-refractivity contribution in [3.63, 3.8) is 0 Å². The monoisotopic (exact) mass is 759 g/mol. The molecule has 0 bridgehead atoms. The van der Waals surface area contributed by atoms with Crippen molar-refractivity contribution < 1.29 is 37.6 Å². The molecule has 4 amide bonds. The maximum absolute atomic E-state index is 14.4. The van der Waals surface area contributed by atoms with E-state index in [1.54, 1.807) is 31.4 Å². The van der Waals surface area contributed by atoms with E-state index in [-0.39, 0.29) is 25.8 Å². The molecule has 0 unspecified atom stereocenters. The third-order valence-corrected chi connectivity index (χ3v) is 13.0. The second kappa shape index (κ2) is 14.2. The van der Waals surface area contributed by atoms with Crippen LogP contribution in [0.1, 0.15) is 55.5 Å². The van der Waals surface area contributed by atoms with Crippen molar-refractivity contribution in [2.45, 2.75) is 74.9 Å². The molecule has 4 aliphatic rings. The third kappa shape index (κ3) is 7.00. The average Bonchev–Trinajstić information content (AvgIpc) is 3.97. The van der Waals surface area contributed by atoms with Gasteiger partial charge < -0.3 is 15.1 Å². The highest BCUT2D eigenvalue weighted by atomic mass is 32.2. The number of sulfonamides is 1. The fourth-order valence-corrected chi connectivity index (χ4v) is 9.30. The molecule has 1 aromatic heterocycles. The Kier molecular flexibility index (Phi) is 9.76. The number of carbonyl (C=O) groups excluding carboxylic acids is 4. The van der Waals surface area contributed by atoms with Gasteiger partial charge in [0.15, 0.2) is 0 Å². The van der Waals surface area contributed by atoms with E-state index in [0.717, 1.165) is 22.3 Å². The van der Waals surface area contributed by atoms with Crippen LogP contribution in [0.25, 0.3) is 11.1 Å². The number of hydrogen-bond donors (Lipinski definition) is 3. The van der Waals surface area contributed by atoms with Crippen molar-refractivity contribution in [1.29, 1.82) is 0 Å². The van der Waals surface area contributed by atoms with E-state index >= 15 is 0 Å². The quantitative estimate of drug-likeness (QED) is 0.105. The highest BCUT2D eigenvalue weighted by Gasteiger charge is 2.62. The standard InChI is InChI=1S/C38H41N5O8S2/c1-4-23-20-38(23,37(47)41-53(49,50)26-15-16-26)39-35(45)31-18-24(51-40-33-29-13-7-5-11-27(29)28-12-6-8-14-30(28)33)21-42(31)36(46)34(22(2)3)43(48)32(44)19-25-10-9-17-52-25/h4-14,17,22-24,26,31,34,48H,1,15-16,18-21H2,2-3H3,(H,39,45)(H,41,47)/t23-,24-,31+,34-,38+/m1/s1. The molecule has 13 nitrogen and oxygen atoms in total. The lowest BCUT2D eigenvalue weighted by atomic mass is 10.0. The number of hydroxylamine groups is 2. The lowest BCUT2D eigenvalue weighted by molar-refractivity contribution is -0.187. The van der Waals surface area contributed by atoms with Crippen LogP contribution in [0.2, 0.25) is 0 Å². The molecule has 5 atom stereocenters. The van der Waals surface area contributed by atoms with E-state index in [1.165, 1.54) is 22.3 Å². The number of nitrogens with zero attached hydrogens (tertiary/aromatic N) is 3. The van der Waals surface area contributed by atoms with Crippen molar-refractivity contribution in [1.82, 2.24) is 20.0 Å². The van der Waals surface area contributed by atoms with Gasteiger partial charge >= 0.3 is 0 Å². The summed E-state index contributed by atoms with van der Waals surface area (Å²) in [6, 6.07) is 16.5. The van der Waals surface area contributed by atoms with Gasteiger partial charge in [0.1, 0.15) is 29.4 Å². The summed E-state index contributed by atoms with van der Waals surface area (Å²) in [7, 11) is -3.91. The van der Waals surface area contributed by atoms with Crippen LogP contribution in [0.3, 0.4) is 0 Å².